The second-order valence-corrected chi connectivity index (χ2v) is 3.11. The lowest BCUT2D eigenvalue weighted by atomic mass is 10.0. The zero-order chi connectivity index (χ0) is 10.8. The highest BCUT2D eigenvalue weighted by molar-refractivity contribution is 6.00. The van der Waals surface area contributed by atoms with Crippen LogP contribution in [0.5, 0.6) is 0 Å². The highest BCUT2D eigenvalue weighted by atomic mass is 16.1. The van der Waals surface area contributed by atoms with E-state index in [0.29, 0.717) is 22.5 Å². The number of nitrogens with two attached hydrogens (primary N) is 2. The van der Waals surface area contributed by atoms with Crippen molar-refractivity contribution in [2.45, 2.75) is 0 Å². The smallest absolute Gasteiger partial charge is 0.249 e. The fourth-order valence-corrected chi connectivity index (χ4v) is 1.44. The van der Waals surface area contributed by atoms with Gasteiger partial charge in [0.25, 0.3) is 0 Å². The molecule has 5 N–H and O–H groups in total. The fourth-order valence-electron chi connectivity index (χ4n) is 1.44. The molecule has 0 aliphatic rings. The highest BCUT2D eigenvalue weighted by Crippen LogP contribution is 2.26. The molecule has 2 rings (SSSR count). The van der Waals surface area contributed by atoms with Crippen LogP contribution in [0.25, 0.3) is 11.1 Å². The van der Waals surface area contributed by atoms with Gasteiger partial charge in [0.1, 0.15) is 5.82 Å². The van der Waals surface area contributed by atoms with Crippen LogP contribution in [0.15, 0.2) is 30.5 Å². The van der Waals surface area contributed by atoms with E-state index in [1.165, 1.54) is 0 Å². The van der Waals surface area contributed by atoms with Crippen LogP contribution in [-0.4, -0.2) is 16.1 Å². The molecule has 0 spiro atoms. The number of nitrogens with one attached hydrogen (secondary N) is 1. The Hall–Kier alpha value is -2.30. The number of aromatic nitrogens is 2. The standard InChI is InChI=1S/C10H10N4O/c11-9-8(5-13-14-9)6-3-1-2-4-7(6)10(12)15/h1-5H,(H2,12,15)(H3,11,13,14). The van der Waals surface area contributed by atoms with E-state index in [4.69, 9.17) is 11.5 Å². The van der Waals surface area contributed by atoms with Gasteiger partial charge in [0.2, 0.25) is 5.91 Å². The number of hydrogen-bond donors (Lipinski definition) is 3. The number of anilines is 1. The summed E-state index contributed by atoms with van der Waals surface area (Å²) >= 11 is 0. The van der Waals surface area contributed by atoms with E-state index in [1.54, 1.807) is 24.4 Å². The number of rotatable bonds is 2. The van der Waals surface area contributed by atoms with E-state index in [1.807, 2.05) is 6.07 Å². The zero-order valence-corrected chi connectivity index (χ0v) is 7.90. The monoisotopic (exact) mass is 202 g/mol. The third kappa shape index (κ3) is 1.54. The largest absolute Gasteiger partial charge is 0.384 e. The summed E-state index contributed by atoms with van der Waals surface area (Å²) in [5.41, 5.74) is 12.7. The maximum absolute atomic E-state index is 11.2. The summed E-state index contributed by atoms with van der Waals surface area (Å²) in [5, 5.41) is 6.41. The normalized spacial score (nSPS) is 10.1. The summed E-state index contributed by atoms with van der Waals surface area (Å²) in [7, 11) is 0. The number of H-pyrrole nitrogens is 1. The minimum absolute atomic E-state index is 0.420. The molecule has 0 fully saturated rings. The van der Waals surface area contributed by atoms with E-state index in [0.717, 1.165) is 0 Å². The summed E-state index contributed by atoms with van der Waals surface area (Å²) < 4.78 is 0. The van der Waals surface area contributed by atoms with Crippen molar-refractivity contribution in [1.82, 2.24) is 10.2 Å². The minimum atomic E-state index is -0.480. The van der Waals surface area contributed by atoms with Gasteiger partial charge in [-0.3, -0.25) is 9.89 Å². The van der Waals surface area contributed by atoms with Gasteiger partial charge in [-0.05, 0) is 11.6 Å². The van der Waals surface area contributed by atoms with Crippen LogP contribution in [0, 0.1) is 0 Å². The van der Waals surface area contributed by atoms with Crippen LogP contribution in [0.3, 0.4) is 0 Å². The molecule has 1 aromatic heterocycles. The molecule has 15 heavy (non-hydrogen) atoms. The summed E-state index contributed by atoms with van der Waals surface area (Å²) in [5.74, 6) is -0.0603. The van der Waals surface area contributed by atoms with Gasteiger partial charge in [-0.1, -0.05) is 18.2 Å². The number of hydrogen-bond acceptors (Lipinski definition) is 3. The molecule has 1 amide bonds. The van der Waals surface area contributed by atoms with Gasteiger partial charge in [-0.2, -0.15) is 5.10 Å². The summed E-state index contributed by atoms with van der Waals surface area (Å²) in [4.78, 5) is 11.2. The minimum Gasteiger partial charge on any atom is -0.384 e. The summed E-state index contributed by atoms with van der Waals surface area (Å²) in [6, 6.07) is 7.00. The first kappa shape index (κ1) is 9.26. The fraction of sp³-hybridized carbons (Fsp3) is 0. The van der Waals surface area contributed by atoms with Crippen LogP contribution in [0.4, 0.5) is 5.82 Å². The third-order valence-electron chi connectivity index (χ3n) is 2.15. The first-order chi connectivity index (χ1) is 7.20. The highest BCUT2D eigenvalue weighted by Gasteiger charge is 2.12. The van der Waals surface area contributed by atoms with Crippen LogP contribution in [0.1, 0.15) is 10.4 Å². The maximum atomic E-state index is 11.2. The van der Waals surface area contributed by atoms with Gasteiger partial charge in [0, 0.05) is 11.1 Å². The van der Waals surface area contributed by atoms with Crippen LogP contribution in [-0.2, 0) is 0 Å². The Kier molecular flexibility index (Phi) is 2.13. The van der Waals surface area contributed by atoms with E-state index in [9.17, 15) is 4.79 Å². The van der Waals surface area contributed by atoms with E-state index in [-0.39, 0.29) is 0 Å². The van der Waals surface area contributed by atoms with Crippen molar-refractivity contribution in [2.24, 2.45) is 5.73 Å². The number of carbonyl (C=O) groups excluding carboxylic acids is 1. The van der Waals surface area contributed by atoms with Crippen LogP contribution >= 0.6 is 0 Å². The van der Waals surface area contributed by atoms with Crippen molar-refractivity contribution in [3.05, 3.63) is 36.0 Å². The Morgan fingerprint density at radius 1 is 1.27 bits per heavy atom. The van der Waals surface area contributed by atoms with Gasteiger partial charge in [-0.15, -0.1) is 0 Å². The molecule has 0 unspecified atom stereocenters. The maximum Gasteiger partial charge on any atom is 0.249 e. The van der Waals surface area contributed by atoms with Gasteiger partial charge >= 0.3 is 0 Å². The summed E-state index contributed by atoms with van der Waals surface area (Å²) in [6.45, 7) is 0. The van der Waals surface area contributed by atoms with E-state index < -0.39 is 5.91 Å². The first-order valence-corrected chi connectivity index (χ1v) is 4.38. The molecule has 0 saturated carbocycles. The lowest BCUT2D eigenvalue weighted by Gasteiger charge is -2.04. The molecule has 2 aromatic rings. The molecule has 0 saturated heterocycles. The molecular formula is C10H10N4O. The van der Waals surface area contributed by atoms with Crippen molar-refractivity contribution < 1.29 is 4.79 Å². The molecule has 5 nitrogen and oxygen atoms in total. The number of amides is 1. The predicted molar refractivity (Wildman–Crippen MR) is 57.0 cm³/mol. The topological polar surface area (TPSA) is 97.8 Å². The second-order valence-electron chi connectivity index (χ2n) is 3.11. The lowest BCUT2D eigenvalue weighted by Crippen LogP contribution is -2.12. The van der Waals surface area contributed by atoms with Crippen molar-refractivity contribution >= 4 is 11.7 Å². The molecule has 0 radical (unpaired) electrons. The third-order valence-corrected chi connectivity index (χ3v) is 2.15. The summed E-state index contributed by atoms with van der Waals surface area (Å²) in [6.07, 6.45) is 1.57. The molecule has 76 valence electrons. The van der Waals surface area contributed by atoms with E-state index >= 15 is 0 Å². The second kappa shape index (κ2) is 3.45. The molecule has 0 atom stereocenters. The SMILES string of the molecule is NC(=O)c1ccccc1-c1cn[nH]c1N. The van der Waals surface area contributed by atoms with E-state index in [2.05, 4.69) is 10.2 Å². The van der Waals surface area contributed by atoms with Crippen molar-refractivity contribution in [1.29, 1.82) is 0 Å². The number of aromatic amines is 1. The average molecular weight is 202 g/mol. The molecule has 0 aliphatic carbocycles. The number of nitrogens with zero attached hydrogens (tertiary/aromatic N) is 1. The quantitative estimate of drug-likeness (QED) is 0.670. The number of nitrogen functional groups attached to an aromatic ring is 1. The molecular weight excluding hydrogens is 192 g/mol. The Bertz CT molecular complexity index is 504. The molecule has 0 aliphatic heterocycles. The van der Waals surface area contributed by atoms with Gasteiger partial charge in [-0.25, -0.2) is 0 Å². The van der Waals surface area contributed by atoms with Crippen molar-refractivity contribution in [3.63, 3.8) is 0 Å². The number of carbonyl (C=O) groups is 1. The Morgan fingerprint density at radius 2 is 2.00 bits per heavy atom. The van der Waals surface area contributed by atoms with Crippen molar-refractivity contribution in [2.75, 3.05) is 5.73 Å². The Labute approximate surface area is 86.1 Å². The zero-order valence-electron chi connectivity index (χ0n) is 7.90. The van der Waals surface area contributed by atoms with Gasteiger partial charge in [0.05, 0.1) is 6.20 Å². The lowest BCUT2D eigenvalue weighted by molar-refractivity contribution is 0.100. The molecule has 5 heteroatoms. The molecule has 0 bridgehead atoms. The first-order valence-electron chi connectivity index (χ1n) is 4.38. The number of benzene rings is 1. The Balaban J connectivity index is 2.63. The van der Waals surface area contributed by atoms with Crippen LogP contribution < -0.4 is 11.5 Å². The van der Waals surface area contributed by atoms with Gasteiger partial charge in [0.15, 0.2) is 0 Å². The predicted octanol–water partition coefficient (Wildman–Crippen LogP) is 0.758. The van der Waals surface area contributed by atoms with Gasteiger partial charge < -0.3 is 11.5 Å². The number of primary amides is 1. The molecule has 1 heterocycles. The van der Waals surface area contributed by atoms with Crippen molar-refractivity contribution in [3.8, 4) is 11.1 Å². The molecule has 1 aromatic carbocycles. The Morgan fingerprint density at radius 3 is 2.60 bits per heavy atom. The average Bonchev–Trinajstić information content (AvgIpc) is 2.64. The van der Waals surface area contributed by atoms with Crippen LogP contribution in [0.2, 0.25) is 0 Å².